The zero-order chi connectivity index (χ0) is 12.8. The minimum absolute atomic E-state index is 0.182. The van der Waals surface area contributed by atoms with Gasteiger partial charge in [0.2, 0.25) is 5.91 Å². The molecule has 0 radical (unpaired) electrons. The Morgan fingerprint density at radius 1 is 1.22 bits per heavy atom. The third-order valence-corrected chi connectivity index (χ3v) is 3.80. The molecule has 0 spiro atoms. The molecule has 0 atom stereocenters. The molecule has 0 aromatic carbocycles. The number of hydrogen-bond acceptors (Lipinski definition) is 4. The van der Waals surface area contributed by atoms with Crippen molar-refractivity contribution < 1.29 is 9.53 Å². The van der Waals surface area contributed by atoms with E-state index in [1.165, 1.54) is 0 Å². The average Bonchev–Trinajstić information content (AvgIpc) is 2.46. The molecule has 2 heterocycles. The summed E-state index contributed by atoms with van der Waals surface area (Å²) in [6.07, 6.45) is 2.45. The summed E-state index contributed by atoms with van der Waals surface area (Å²) in [5.41, 5.74) is 0. The lowest BCUT2D eigenvalue weighted by Crippen LogP contribution is -2.46. The van der Waals surface area contributed by atoms with Gasteiger partial charge in [0, 0.05) is 32.0 Å². The first-order chi connectivity index (χ1) is 8.81. The summed E-state index contributed by atoms with van der Waals surface area (Å²) in [7, 11) is 0. The van der Waals surface area contributed by atoms with Crippen LogP contribution in [0.4, 0.5) is 0 Å². The van der Waals surface area contributed by atoms with Gasteiger partial charge in [0.25, 0.3) is 0 Å². The highest BCUT2D eigenvalue weighted by atomic mass is 16.5. The smallest absolute Gasteiger partial charge is 0.225 e. The van der Waals surface area contributed by atoms with E-state index in [1.54, 1.807) is 0 Å². The van der Waals surface area contributed by atoms with Gasteiger partial charge in [-0.2, -0.15) is 5.26 Å². The molecule has 0 unspecified atom stereocenters. The van der Waals surface area contributed by atoms with Crippen LogP contribution in [-0.2, 0) is 9.53 Å². The molecule has 0 aromatic heterocycles. The first-order valence-electron chi connectivity index (χ1n) is 6.77. The van der Waals surface area contributed by atoms with Crippen molar-refractivity contribution >= 4 is 5.91 Å². The summed E-state index contributed by atoms with van der Waals surface area (Å²) in [5, 5.41) is 8.56. The molecule has 0 N–H and O–H groups in total. The number of piperidine rings is 1. The predicted molar refractivity (Wildman–Crippen MR) is 66.8 cm³/mol. The Hall–Kier alpha value is -1.12. The number of ether oxygens (including phenoxy) is 1. The molecular weight excluding hydrogens is 230 g/mol. The van der Waals surface area contributed by atoms with E-state index < -0.39 is 0 Å². The van der Waals surface area contributed by atoms with Gasteiger partial charge in [-0.1, -0.05) is 0 Å². The van der Waals surface area contributed by atoms with Crippen molar-refractivity contribution in [2.24, 2.45) is 5.92 Å². The van der Waals surface area contributed by atoms with Gasteiger partial charge in [-0.05, 0) is 25.9 Å². The topological polar surface area (TPSA) is 56.6 Å². The predicted octanol–water partition coefficient (Wildman–Crippen LogP) is 0.471. The third-order valence-electron chi connectivity index (χ3n) is 3.80. The Morgan fingerprint density at radius 2 is 1.89 bits per heavy atom. The van der Waals surface area contributed by atoms with Crippen LogP contribution in [0.1, 0.15) is 19.3 Å². The third kappa shape index (κ3) is 3.44. The van der Waals surface area contributed by atoms with Gasteiger partial charge in [-0.15, -0.1) is 0 Å². The van der Waals surface area contributed by atoms with E-state index in [9.17, 15) is 4.79 Å². The van der Waals surface area contributed by atoms with E-state index in [0.29, 0.717) is 25.5 Å². The fraction of sp³-hybridized carbons (Fsp3) is 0.846. The molecule has 2 aliphatic rings. The molecule has 5 nitrogen and oxygen atoms in total. The lowest BCUT2D eigenvalue weighted by atomic mass is 9.95. The standard InChI is InChI=1S/C13H21N3O2/c14-4-1-5-15-6-2-12(3-7-15)13(17)16-8-10-18-11-9-16/h12H,1-3,5-11H2. The van der Waals surface area contributed by atoms with Crippen LogP contribution >= 0.6 is 0 Å². The Morgan fingerprint density at radius 3 is 2.50 bits per heavy atom. The number of nitrogens with zero attached hydrogens (tertiary/aromatic N) is 3. The summed E-state index contributed by atoms with van der Waals surface area (Å²) in [5.74, 6) is 0.486. The molecule has 2 aliphatic heterocycles. The van der Waals surface area contributed by atoms with E-state index in [1.807, 2.05) is 4.90 Å². The Kier molecular flexibility index (Phi) is 4.97. The fourth-order valence-corrected chi connectivity index (χ4v) is 2.65. The molecule has 2 saturated heterocycles. The Labute approximate surface area is 108 Å². The fourth-order valence-electron chi connectivity index (χ4n) is 2.65. The minimum atomic E-state index is 0.182. The molecule has 0 bridgehead atoms. The molecule has 5 heteroatoms. The largest absolute Gasteiger partial charge is 0.378 e. The summed E-state index contributed by atoms with van der Waals surface area (Å²) in [4.78, 5) is 16.5. The minimum Gasteiger partial charge on any atom is -0.378 e. The monoisotopic (exact) mass is 251 g/mol. The maximum absolute atomic E-state index is 12.3. The van der Waals surface area contributed by atoms with Gasteiger partial charge < -0.3 is 14.5 Å². The van der Waals surface area contributed by atoms with Crippen molar-refractivity contribution in [3.8, 4) is 6.07 Å². The Bertz CT molecular complexity index is 313. The highest BCUT2D eigenvalue weighted by Gasteiger charge is 2.28. The van der Waals surface area contributed by atoms with Crippen molar-refractivity contribution in [1.29, 1.82) is 5.26 Å². The van der Waals surface area contributed by atoms with E-state index in [0.717, 1.165) is 45.6 Å². The zero-order valence-corrected chi connectivity index (χ0v) is 10.8. The van der Waals surface area contributed by atoms with Crippen LogP contribution in [0.2, 0.25) is 0 Å². The number of rotatable bonds is 3. The molecule has 2 rings (SSSR count). The maximum Gasteiger partial charge on any atom is 0.225 e. The quantitative estimate of drug-likeness (QED) is 0.731. The van der Waals surface area contributed by atoms with Crippen LogP contribution in [0.3, 0.4) is 0 Å². The van der Waals surface area contributed by atoms with Crippen molar-refractivity contribution in [2.45, 2.75) is 19.3 Å². The molecule has 0 aromatic rings. The second-order valence-electron chi connectivity index (χ2n) is 4.96. The first-order valence-corrected chi connectivity index (χ1v) is 6.77. The summed E-state index contributed by atoms with van der Waals surface area (Å²) >= 11 is 0. The van der Waals surface area contributed by atoms with Crippen molar-refractivity contribution in [3.63, 3.8) is 0 Å². The van der Waals surface area contributed by atoms with Gasteiger partial charge in [0.05, 0.1) is 19.3 Å². The number of nitriles is 1. The van der Waals surface area contributed by atoms with Gasteiger partial charge in [-0.3, -0.25) is 4.79 Å². The lowest BCUT2D eigenvalue weighted by molar-refractivity contribution is -0.141. The lowest BCUT2D eigenvalue weighted by Gasteiger charge is -2.35. The molecular formula is C13H21N3O2. The van der Waals surface area contributed by atoms with Gasteiger partial charge in [0.15, 0.2) is 0 Å². The molecule has 18 heavy (non-hydrogen) atoms. The van der Waals surface area contributed by atoms with Gasteiger partial charge in [0.1, 0.15) is 0 Å². The SMILES string of the molecule is N#CCCN1CCC(C(=O)N2CCOCC2)CC1. The van der Waals surface area contributed by atoms with Crippen LogP contribution < -0.4 is 0 Å². The average molecular weight is 251 g/mol. The summed E-state index contributed by atoms with van der Waals surface area (Å²) < 4.78 is 5.27. The molecule has 0 saturated carbocycles. The van der Waals surface area contributed by atoms with Crippen LogP contribution in [0.15, 0.2) is 0 Å². The van der Waals surface area contributed by atoms with Crippen LogP contribution in [0.5, 0.6) is 0 Å². The highest BCUT2D eigenvalue weighted by molar-refractivity contribution is 5.79. The number of amides is 1. The van der Waals surface area contributed by atoms with E-state index >= 15 is 0 Å². The van der Waals surface area contributed by atoms with Crippen LogP contribution in [-0.4, -0.2) is 61.6 Å². The number of morpholine rings is 1. The number of carbonyl (C=O) groups is 1. The number of carbonyl (C=O) groups excluding carboxylic acids is 1. The van der Waals surface area contributed by atoms with E-state index in [2.05, 4.69) is 11.0 Å². The maximum atomic E-state index is 12.3. The Balaban J connectivity index is 1.75. The number of likely N-dealkylation sites (tertiary alicyclic amines) is 1. The normalized spacial score (nSPS) is 22.7. The second kappa shape index (κ2) is 6.72. The molecule has 2 fully saturated rings. The molecule has 1 amide bonds. The van der Waals surface area contributed by atoms with Gasteiger partial charge >= 0.3 is 0 Å². The van der Waals surface area contributed by atoms with Crippen molar-refractivity contribution in [2.75, 3.05) is 45.9 Å². The molecule has 0 aliphatic carbocycles. The highest BCUT2D eigenvalue weighted by Crippen LogP contribution is 2.20. The molecule has 100 valence electrons. The van der Waals surface area contributed by atoms with E-state index in [-0.39, 0.29) is 5.92 Å². The van der Waals surface area contributed by atoms with Crippen molar-refractivity contribution in [3.05, 3.63) is 0 Å². The zero-order valence-electron chi connectivity index (χ0n) is 10.8. The second-order valence-corrected chi connectivity index (χ2v) is 4.96. The van der Waals surface area contributed by atoms with E-state index in [4.69, 9.17) is 10.00 Å². The van der Waals surface area contributed by atoms with Gasteiger partial charge in [-0.25, -0.2) is 0 Å². The number of hydrogen-bond donors (Lipinski definition) is 0. The van der Waals surface area contributed by atoms with Crippen LogP contribution in [0, 0.1) is 17.2 Å². The summed E-state index contributed by atoms with van der Waals surface area (Å²) in [6.45, 7) is 5.57. The van der Waals surface area contributed by atoms with Crippen LogP contribution in [0.25, 0.3) is 0 Å². The van der Waals surface area contributed by atoms with Crippen molar-refractivity contribution in [1.82, 2.24) is 9.80 Å². The first kappa shape index (κ1) is 13.3. The summed E-state index contributed by atoms with van der Waals surface area (Å²) in [6, 6.07) is 2.17.